The first kappa shape index (κ1) is 22.1. The molecule has 0 aliphatic heterocycles. The minimum absolute atomic E-state index is 0.0480. The molecule has 1 heterocycles. The smallest absolute Gasteiger partial charge is 0.258 e. The van der Waals surface area contributed by atoms with E-state index < -0.39 is 0 Å². The van der Waals surface area contributed by atoms with Crippen LogP contribution >= 0.6 is 0 Å². The number of rotatable bonds is 8. The number of carbonyl (C=O) groups is 1. The van der Waals surface area contributed by atoms with E-state index in [0.717, 1.165) is 39.4 Å². The van der Waals surface area contributed by atoms with Crippen molar-refractivity contribution in [3.8, 4) is 28.4 Å². The Morgan fingerprint density at radius 3 is 2.30 bits per heavy atom. The van der Waals surface area contributed by atoms with Gasteiger partial charge in [-0.25, -0.2) is 4.68 Å². The molecule has 0 aliphatic rings. The van der Waals surface area contributed by atoms with Crippen LogP contribution in [0.25, 0.3) is 16.9 Å². The average Bonchev–Trinajstić information content (AvgIpc) is 3.26. The monoisotopic (exact) mass is 441 g/mol. The molecule has 0 saturated heterocycles. The summed E-state index contributed by atoms with van der Waals surface area (Å²) in [7, 11) is 1.64. The van der Waals surface area contributed by atoms with Gasteiger partial charge in [-0.15, -0.1) is 0 Å². The summed E-state index contributed by atoms with van der Waals surface area (Å²) < 4.78 is 12.8. The molecule has 0 aliphatic carbocycles. The van der Waals surface area contributed by atoms with Crippen molar-refractivity contribution in [3.05, 3.63) is 95.7 Å². The maximum atomic E-state index is 12.5. The fourth-order valence-corrected chi connectivity index (χ4v) is 3.65. The number of hydrogen-bond donors (Lipinski definition) is 1. The van der Waals surface area contributed by atoms with Crippen LogP contribution in [-0.2, 0) is 11.3 Å². The van der Waals surface area contributed by atoms with E-state index in [1.165, 1.54) is 0 Å². The Bertz CT molecular complexity index is 1210. The highest BCUT2D eigenvalue weighted by atomic mass is 16.5. The maximum absolute atomic E-state index is 12.5. The Morgan fingerprint density at radius 2 is 1.64 bits per heavy atom. The molecule has 0 bridgehead atoms. The van der Waals surface area contributed by atoms with Crippen LogP contribution in [0.5, 0.6) is 11.5 Å². The summed E-state index contributed by atoms with van der Waals surface area (Å²) in [5.41, 5.74) is 5.80. The molecule has 1 N–H and O–H groups in total. The predicted molar refractivity (Wildman–Crippen MR) is 129 cm³/mol. The number of hydrogen-bond acceptors (Lipinski definition) is 4. The van der Waals surface area contributed by atoms with Crippen LogP contribution < -0.4 is 14.8 Å². The van der Waals surface area contributed by atoms with Crippen molar-refractivity contribution in [2.45, 2.75) is 20.4 Å². The van der Waals surface area contributed by atoms with E-state index in [4.69, 9.17) is 14.6 Å². The molecule has 0 fully saturated rings. The van der Waals surface area contributed by atoms with Gasteiger partial charge >= 0.3 is 0 Å². The van der Waals surface area contributed by atoms with E-state index in [2.05, 4.69) is 11.4 Å². The van der Waals surface area contributed by atoms with E-state index in [1.807, 2.05) is 91.5 Å². The van der Waals surface area contributed by atoms with Crippen LogP contribution in [0.3, 0.4) is 0 Å². The second kappa shape index (κ2) is 10.0. The van der Waals surface area contributed by atoms with Crippen molar-refractivity contribution >= 4 is 5.91 Å². The van der Waals surface area contributed by atoms with Gasteiger partial charge in [0.15, 0.2) is 6.61 Å². The number of nitrogens with zero attached hydrogens (tertiary/aromatic N) is 2. The van der Waals surface area contributed by atoms with Crippen LogP contribution in [0.4, 0.5) is 0 Å². The SMILES string of the molecule is COc1ccc(-c2nn(-c3ccccc3)cc2CNC(=O)COc2cc(C)cc(C)c2)cc1. The molecule has 4 aromatic rings. The summed E-state index contributed by atoms with van der Waals surface area (Å²) >= 11 is 0. The molecule has 0 atom stereocenters. The minimum atomic E-state index is -0.192. The molecular formula is C27H27N3O3. The standard InChI is InChI=1S/C27H27N3O3/c1-19-13-20(2)15-25(14-19)33-18-26(31)28-16-22-17-30(23-7-5-4-6-8-23)29-27(22)21-9-11-24(32-3)12-10-21/h4-15,17H,16,18H2,1-3H3,(H,28,31). The van der Waals surface area contributed by atoms with Crippen molar-refractivity contribution in [1.82, 2.24) is 15.1 Å². The van der Waals surface area contributed by atoms with Crippen LogP contribution in [0.15, 0.2) is 79.0 Å². The molecule has 168 valence electrons. The van der Waals surface area contributed by atoms with Gasteiger partial charge in [0.1, 0.15) is 11.5 Å². The fourth-order valence-electron chi connectivity index (χ4n) is 3.65. The minimum Gasteiger partial charge on any atom is -0.497 e. The molecular weight excluding hydrogens is 414 g/mol. The first-order valence-electron chi connectivity index (χ1n) is 10.8. The summed E-state index contributed by atoms with van der Waals surface area (Å²) in [5.74, 6) is 1.28. The topological polar surface area (TPSA) is 65.4 Å². The van der Waals surface area contributed by atoms with E-state index in [-0.39, 0.29) is 12.5 Å². The van der Waals surface area contributed by atoms with Crippen LogP contribution in [0.2, 0.25) is 0 Å². The largest absolute Gasteiger partial charge is 0.497 e. The highest BCUT2D eigenvalue weighted by Gasteiger charge is 2.14. The van der Waals surface area contributed by atoms with E-state index in [1.54, 1.807) is 7.11 Å². The van der Waals surface area contributed by atoms with Gasteiger partial charge in [-0.1, -0.05) is 24.3 Å². The molecule has 1 aromatic heterocycles. The van der Waals surface area contributed by atoms with E-state index >= 15 is 0 Å². The summed E-state index contributed by atoms with van der Waals surface area (Å²) in [6, 6.07) is 23.5. The summed E-state index contributed by atoms with van der Waals surface area (Å²) in [4.78, 5) is 12.5. The first-order valence-corrected chi connectivity index (χ1v) is 10.8. The number of benzene rings is 3. The third-order valence-corrected chi connectivity index (χ3v) is 5.22. The fraction of sp³-hybridized carbons (Fsp3) is 0.185. The Balaban J connectivity index is 1.50. The highest BCUT2D eigenvalue weighted by Crippen LogP contribution is 2.26. The average molecular weight is 442 g/mol. The lowest BCUT2D eigenvalue weighted by Gasteiger charge is -2.09. The Kier molecular flexibility index (Phi) is 6.74. The normalized spacial score (nSPS) is 10.6. The Morgan fingerprint density at radius 1 is 0.939 bits per heavy atom. The molecule has 0 radical (unpaired) electrons. The maximum Gasteiger partial charge on any atom is 0.258 e. The van der Waals surface area contributed by atoms with Gasteiger partial charge < -0.3 is 14.8 Å². The lowest BCUT2D eigenvalue weighted by atomic mass is 10.1. The molecule has 33 heavy (non-hydrogen) atoms. The number of amides is 1. The number of ether oxygens (including phenoxy) is 2. The second-order valence-corrected chi connectivity index (χ2v) is 7.90. The number of methoxy groups -OCH3 is 1. The van der Waals surface area contributed by atoms with Crippen molar-refractivity contribution in [1.29, 1.82) is 0 Å². The lowest BCUT2D eigenvalue weighted by molar-refractivity contribution is -0.123. The van der Waals surface area contributed by atoms with E-state index in [0.29, 0.717) is 12.3 Å². The van der Waals surface area contributed by atoms with E-state index in [9.17, 15) is 4.79 Å². The zero-order valence-corrected chi connectivity index (χ0v) is 19.0. The lowest BCUT2D eigenvalue weighted by Crippen LogP contribution is -2.28. The Labute approximate surface area is 193 Å². The number of aromatic nitrogens is 2. The quantitative estimate of drug-likeness (QED) is 0.424. The summed E-state index contributed by atoms with van der Waals surface area (Å²) in [6.45, 7) is 4.30. The van der Waals surface area contributed by atoms with Crippen molar-refractivity contribution in [2.75, 3.05) is 13.7 Å². The third kappa shape index (κ3) is 5.60. The molecule has 6 nitrogen and oxygen atoms in total. The zero-order chi connectivity index (χ0) is 23.2. The molecule has 6 heteroatoms. The summed E-state index contributed by atoms with van der Waals surface area (Å²) in [6.07, 6.45) is 1.94. The molecule has 0 spiro atoms. The van der Waals surface area contributed by atoms with Crippen molar-refractivity contribution in [2.24, 2.45) is 0 Å². The van der Waals surface area contributed by atoms with Crippen LogP contribution in [-0.4, -0.2) is 29.4 Å². The molecule has 0 saturated carbocycles. The molecule has 0 unspecified atom stereocenters. The van der Waals surface area contributed by atoms with Gasteiger partial charge in [-0.2, -0.15) is 5.10 Å². The van der Waals surface area contributed by atoms with Gasteiger partial charge in [0.05, 0.1) is 18.5 Å². The molecule has 1 amide bonds. The predicted octanol–water partition coefficient (Wildman–Crippen LogP) is 4.86. The van der Waals surface area contributed by atoms with Crippen molar-refractivity contribution < 1.29 is 14.3 Å². The highest BCUT2D eigenvalue weighted by molar-refractivity contribution is 5.78. The van der Waals surface area contributed by atoms with Crippen LogP contribution in [0.1, 0.15) is 16.7 Å². The number of carbonyl (C=O) groups excluding carboxylic acids is 1. The van der Waals surface area contributed by atoms with Gasteiger partial charge in [0.2, 0.25) is 0 Å². The number of aryl methyl sites for hydroxylation is 2. The zero-order valence-electron chi connectivity index (χ0n) is 19.0. The second-order valence-electron chi connectivity index (χ2n) is 7.90. The number of nitrogens with one attached hydrogen (secondary N) is 1. The van der Waals surface area contributed by atoms with Gasteiger partial charge in [-0.05, 0) is 73.5 Å². The molecule has 3 aromatic carbocycles. The molecule has 4 rings (SSSR count). The number of para-hydroxylation sites is 1. The third-order valence-electron chi connectivity index (χ3n) is 5.22. The first-order chi connectivity index (χ1) is 16.0. The van der Waals surface area contributed by atoms with Gasteiger partial charge in [0.25, 0.3) is 5.91 Å². The van der Waals surface area contributed by atoms with Crippen molar-refractivity contribution in [3.63, 3.8) is 0 Å². The Hall–Kier alpha value is -4.06. The summed E-state index contributed by atoms with van der Waals surface area (Å²) in [5, 5.41) is 7.74. The van der Waals surface area contributed by atoms with Crippen LogP contribution in [0, 0.1) is 13.8 Å². The van der Waals surface area contributed by atoms with Gasteiger partial charge in [-0.3, -0.25) is 4.79 Å². The van der Waals surface area contributed by atoms with Gasteiger partial charge in [0, 0.05) is 23.9 Å².